The molecule has 1 saturated heterocycles. The average molecular weight is 262 g/mol. The van der Waals surface area contributed by atoms with E-state index in [1.54, 1.807) is 0 Å². The van der Waals surface area contributed by atoms with Crippen molar-refractivity contribution in [1.29, 1.82) is 0 Å². The highest BCUT2D eigenvalue weighted by atomic mass is 31.2. The van der Waals surface area contributed by atoms with Crippen LogP contribution >= 0.6 is 7.82 Å². The minimum Gasteiger partial charge on any atom is -0.483 e. The third-order valence-electron chi connectivity index (χ3n) is 1.34. The summed E-state index contributed by atoms with van der Waals surface area (Å²) in [4.78, 5) is 32.3. The molecule has 7 N–H and O–H groups in total. The van der Waals surface area contributed by atoms with Gasteiger partial charge in [0.25, 0.3) is 6.47 Å². The third-order valence-corrected chi connectivity index (χ3v) is 1.34. The van der Waals surface area contributed by atoms with Crippen molar-refractivity contribution >= 4 is 14.3 Å². The van der Waals surface area contributed by atoms with Crippen molar-refractivity contribution < 1.29 is 34.6 Å². The summed E-state index contributed by atoms with van der Waals surface area (Å²) in [5, 5.41) is 10.2. The number of hydrogen-bond donors (Lipinski definition) is 5. The molecule has 0 aliphatic carbocycles. The number of carboxylic acid groups (broad SMARTS) is 1. The lowest BCUT2D eigenvalue weighted by Crippen LogP contribution is -2.40. The molecule has 0 aromatic carbocycles. The fourth-order valence-corrected chi connectivity index (χ4v) is 0.777. The van der Waals surface area contributed by atoms with Gasteiger partial charge in [0, 0.05) is 26.2 Å². The predicted octanol–water partition coefficient (Wildman–Crippen LogP) is -2.53. The molecule has 1 aliphatic heterocycles. The monoisotopic (exact) mass is 262 g/mol. The van der Waals surface area contributed by atoms with Gasteiger partial charge in [-0.3, -0.25) is 4.79 Å². The van der Waals surface area contributed by atoms with Crippen molar-refractivity contribution in [3.05, 3.63) is 0 Å². The molecule has 100 valence electrons. The predicted molar refractivity (Wildman–Crippen MR) is 56.9 cm³/mol. The molecule has 0 aromatic heterocycles. The van der Waals surface area contributed by atoms with E-state index in [9.17, 15) is 0 Å². The summed E-state index contributed by atoms with van der Waals surface area (Å²) in [6, 6.07) is 0. The van der Waals surface area contributed by atoms with Crippen LogP contribution in [-0.4, -0.2) is 69.9 Å². The number of piperazine rings is 1. The summed E-state index contributed by atoms with van der Waals surface area (Å²) >= 11 is 0. The van der Waals surface area contributed by atoms with Crippen LogP contribution in [0.15, 0.2) is 0 Å². The Morgan fingerprint density at radius 1 is 1.25 bits per heavy atom. The second-order valence-corrected chi connectivity index (χ2v) is 3.70. The van der Waals surface area contributed by atoms with Gasteiger partial charge in [0.2, 0.25) is 0 Å². The van der Waals surface area contributed by atoms with Crippen LogP contribution in [0.3, 0.4) is 0 Å². The molecular weight excluding hydrogens is 243 g/mol. The zero-order chi connectivity index (χ0) is 12.3. The van der Waals surface area contributed by atoms with Gasteiger partial charge in [-0.15, -0.1) is 0 Å². The van der Waals surface area contributed by atoms with Gasteiger partial charge in [0.05, 0.1) is 0 Å². The first-order valence-corrected chi connectivity index (χ1v) is 5.63. The van der Waals surface area contributed by atoms with Crippen LogP contribution in [0.2, 0.25) is 0 Å². The molecule has 0 bridgehead atoms. The van der Waals surface area contributed by atoms with E-state index in [4.69, 9.17) is 29.1 Å². The van der Waals surface area contributed by atoms with Crippen LogP contribution in [-0.2, 0) is 9.36 Å². The third kappa shape index (κ3) is 37.5. The Morgan fingerprint density at radius 3 is 1.62 bits per heavy atom. The molecule has 1 rings (SSSR count). The lowest BCUT2D eigenvalue weighted by atomic mass is 10.4. The molecule has 0 atom stereocenters. The van der Waals surface area contributed by atoms with Crippen molar-refractivity contribution in [2.75, 3.05) is 33.2 Å². The molecular formula is C6H19N2O7P. The molecule has 0 unspecified atom stereocenters. The van der Waals surface area contributed by atoms with E-state index in [1.807, 2.05) is 0 Å². The van der Waals surface area contributed by atoms with Crippen LogP contribution in [0.4, 0.5) is 0 Å². The zero-order valence-corrected chi connectivity index (χ0v) is 9.80. The normalized spacial score (nSPS) is 15.5. The highest BCUT2D eigenvalue weighted by molar-refractivity contribution is 7.45. The van der Waals surface area contributed by atoms with Crippen LogP contribution in [0.1, 0.15) is 0 Å². The van der Waals surface area contributed by atoms with E-state index in [0.29, 0.717) is 0 Å². The quantitative estimate of drug-likeness (QED) is 0.236. The maximum absolute atomic E-state index is 8.88. The average Bonchev–Trinajstić information content (AvgIpc) is 2.03. The molecule has 1 fully saturated rings. The van der Waals surface area contributed by atoms with Crippen LogP contribution in [0.25, 0.3) is 0 Å². The maximum Gasteiger partial charge on any atom is 0.466 e. The highest BCUT2D eigenvalue weighted by Crippen LogP contribution is 2.25. The van der Waals surface area contributed by atoms with E-state index in [0.717, 1.165) is 13.1 Å². The number of nitrogens with zero attached hydrogens (tertiary/aromatic N) is 1. The Bertz CT molecular complexity index is 183. The SMILES string of the molecule is CN1CCNCC1.O.O=CO.O=P(O)(O)O. The fourth-order valence-electron chi connectivity index (χ4n) is 0.777. The Kier molecular flexibility index (Phi) is 16.3. The Labute approximate surface area is 93.2 Å². The molecule has 0 amide bonds. The zero-order valence-electron chi connectivity index (χ0n) is 8.91. The topological polar surface area (TPSA) is 162 Å². The molecule has 0 saturated carbocycles. The maximum atomic E-state index is 8.88. The summed E-state index contributed by atoms with van der Waals surface area (Å²) in [5.41, 5.74) is 0. The number of phosphoric acid groups is 1. The van der Waals surface area contributed by atoms with Gasteiger partial charge < -0.3 is 35.5 Å². The second kappa shape index (κ2) is 12.5. The summed E-state index contributed by atoms with van der Waals surface area (Å²) < 4.78 is 8.88. The van der Waals surface area contributed by atoms with Gasteiger partial charge >= 0.3 is 7.82 Å². The Morgan fingerprint density at radius 2 is 1.50 bits per heavy atom. The van der Waals surface area contributed by atoms with Gasteiger partial charge in [0.1, 0.15) is 0 Å². The molecule has 0 aromatic rings. The van der Waals surface area contributed by atoms with Crippen molar-refractivity contribution in [1.82, 2.24) is 10.2 Å². The minimum absolute atomic E-state index is 0. The fraction of sp³-hybridized carbons (Fsp3) is 0.833. The van der Waals surface area contributed by atoms with Gasteiger partial charge in [-0.1, -0.05) is 0 Å². The Hall–Kier alpha value is -0.540. The first-order chi connectivity index (χ1) is 6.81. The van der Waals surface area contributed by atoms with E-state index in [2.05, 4.69) is 17.3 Å². The largest absolute Gasteiger partial charge is 0.483 e. The summed E-state index contributed by atoms with van der Waals surface area (Å²) in [7, 11) is -2.49. The number of carbonyl (C=O) groups is 1. The molecule has 10 heteroatoms. The minimum atomic E-state index is -4.64. The number of hydrogen-bond acceptors (Lipinski definition) is 4. The Balaban J connectivity index is -0.000000168. The van der Waals surface area contributed by atoms with Crippen LogP contribution in [0, 0.1) is 0 Å². The lowest BCUT2D eigenvalue weighted by Gasteiger charge is -2.21. The van der Waals surface area contributed by atoms with Gasteiger partial charge in [-0.05, 0) is 7.05 Å². The molecule has 0 radical (unpaired) electrons. The summed E-state index contributed by atoms with van der Waals surface area (Å²) in [6.07, 6.45) is 0. The van der Waals surface area contributed by atoms with Gasteiger partial charge in [-0.2, -0.15) is 0 Å². The van der Waals surface area contributed by atoms with E-state index in [1.165, 1.54) is 13.1 Å². The molecule has 0 spiro atoms. The van der Waals surface area contributed by atoms with Gasteiger partial charge in [0.15, 0.2) is 0 Å². The standard InChI is InChI=1S/C5H12N2.CH2O2.H3O4P.H2O/c1-7-4-2-6-3-5-7;2-1-3;1-5(2,3)4;/h6H,2-5H2,1H3;1H,(H,2,3);(H3,1,2,3,4);1H2. The molecule has 1 aliphatic rings. The van der Waals surface area contributed by atoms with Crippen LogP contribution < -0.4 is 5.32 Å². The van der Waals surface area contributed by atoms with Gasteiger partial charge in [-0.25, -0.2) is 4.57 Å². The van der Waals surface area contributed by atoms with Crippen molar-refractivity contribution in [2.24, 2.45) is 0 Å². The smallest absolute Gasteiger partial charge is 0.466 e. The first-order valence-electron chi connectivity index (χ1n) is 4.06. The van der Waals surface area contributed by atoms with E-state index >= 15 is 0 Å². The molecule has 9 nitrogen and oxygen atoms in total. The summed E-state index contributed by atoms with van der Waals surface area (Å²) in [5.74, 6) is 0. The van der Waals surface area contributed by atoms with E-state index in [-0.39, 0.29) is 11.9 Å². The first kappa shape index (κ1) is 20.8. The number of likely N-dealkylation sites (N-methyl/N-ethyl adjacent to an activating group) is 1. The van der Waals surface area contributed by atoms with Crippen LogP contribution in [0.5, 0.6) is 0 Å². The van der Waals surface area contributed by atoms with Crippen molar-refractivity contribution in [3.8, 4) is 0 Å². The molecule has 16 heavy (non-hydrogen) atoms. The highest BCUT2D eigenvalue weighted by Gasteiger charge is 2.01. The lowest BCUT2D eigenvalue weighted by molar-refractivity contribution is -0.122. The number of rotatable bonds is 0. The van der Waals surface area contributed by atoms with E-state index < -0.39 is 7.82 Å². The van der Waals surface area contributed by atoms with Crippen molar-refractivity contribution in [2.45, 2.75) is 0 Å². The van der Waals surface area contributed by atoms with Crippen molar-refractivity contribution in [3.63, 3.8) is 0 Å². The molecule has 1 heterocycles. The number of nitrogens with one attached hydrogen (secondary N) is 1. The summed E-state index contributed by atoms with van der Waals surface area (Å²) in [6.45, 7) is 4.49. The second-order valence-electron chi connectivity index (χ2n) is 2.67.